The molecule has 0 amide bonds. The van der Waals surface area contributed by atoms with Crippen LogP contribution in [0.4, 0.5) is 15.8 Å². The summed E-state index contributed by atoms with van der Waals surface area (Å²) in [5, 5.41) is 2.10. The molecule has 0 atom stereocenters. The van der Waals surface area contributed by atoms with Crippen molar-refractivity contribution in [1.82, 2.24) is 0 Å². The first-order chi connectivity index (χ1) is 11.1. The van der Waals surface area contributed by atoms with Crippen molar-refractivity contribution < 1.29 is 4.39 Å². The molecule has 23 heavy (non-hydrogen) atoms. The number of benzene rings is 3. The van der Waals surface area contributed by atoms with Crippen molar-refractivity contribution in [1.29, 1.82) is 0 Å². The molecule has 2 N–H and O–H groups in total. The van der Waals surface area contributed by atoms with E-state index in [1.54, 1.807) is 37.1 Å². The fraction of sp³-hybridized carbons (Fsp3) is 0.105. The molecule has 3 rings (SSSR count). The summed E-state index contributed by atoms with van der Waals surface area (Å²) in [6.07, 6.45) is 0. The smallest absolute Gasteiger partial charge is 0.200 e. The molecule has 0 bridgehead atoms. The molecule has 3 nitrogen and oxygen atoms in total. The Morgan fingerprint density at radius 2 is 1.70 bits per heavy atom. The molecular formula is C19H18FN3. The van der Waals surface area contributed by atoms with E-state index in [9.17, 15) is 4.39 Å². The third-order valence-electron chi connectivity index (χ3n) is 3.88. The number of aliphatic imine (C=N–C) groups is 1. The van der Waals surface area contributed by atoms with Gasteiger partial charge in [0.05, 0.1) is 11.4 Å². The first-order valence-corrected chi connectivity index (χ1v) is 7.38. The van der Waals surface area contributed by atoms with Crippen LogP contribution >= 0.6 is 0 Å². The summed E-state index contributed by atoms with van der Waals surface area (Å²) < 4.78 is 14.3. The Kier molecular flexibility index (Phi) is 3.98. The maximum Gasteiger partial charge on any atom is 0.200 e. The predicted octanol–water partition coefficient (Wildman–Crippen LogP) is 4.37. The molecule has 0 aliphatic heterocycles. The zero-order valence-electron chi connectivity index (χ0n) is 13.1. The van der Waals surface area contributed by atoms with E-state index in [4.69, 9.17) is 5.73 Å². The van der Waals surface area contributed by atoms with Crippen LogP contribution in [0.3, 0.4) is 0 Å². The van der Waals surface area contributed by atoms with Crippen LogP contribution in [-0.4, -0.2) is 13.0 Å². The standard InChI is InChI=1S/C19H18FN3/c1-13-7-5-12-17(18(13)20)23(2)19(21)22-16-11-6-9-14-8-3-4-10-15(14)16/h3-12H,1-2H3,(H2,21,22). The first kappa shape index (κ1) is 15.0. The van der Waals surface area contributed by atoms with Crippen molar-refractivity contribution in [3.8, 4) is 0 Å². The van der Waals surface area contributed by atoms with E-state index >= 15 is 0 Å². The number of hydrogen-bond donors (Lipinski definition) is 1. The Bertz CT molecular complexity index is 881. The number of nitrogens with zero attached hydrogens (tertiary/aromatic N) is 2. The van der Waals surface area contributed by atoms with Gasteiger partial charge in [-0.25, -0.2) is 9.38 Å². The van der Waals surface area contributed by atoms with E-state index in [-0.39, 0.29) is 11.8 Å². The number of nitrogens with two attached hydrogens (primary N) is 1. The highest BCUT2D eigenvalue weighted by molar-refractivity contribution is 6.00. The summed E-state index contributed by atoms with van der Waals surface area (Å²) in [6, 6.07) is 19.0. The molecule has 116 valence electrons. The Morgan fingerprint density at radius 3 is 2.52 bits per heavy atom. The van der Waals surface area contributed by atoms with Crippen molar-refractivity contribution in [2.45, 2.75) is 6.92 Å². The molecule has 0 unspecified atom stereocenters. The summed E-state index contributed by atoms with van der Waals surface area (Å²) in [7, 11) is 1.71. The van der Waals surface area contributed by atoms with E-state index in [1.807, 2.05) is 42.5 Å². The third-order valence-corrected chi connectivity index (χ3v) is 3.88. The molecule has 3 aromatic carbocycles. The Morgan fingerprint density at radius 1 is 1.00 bits per heavy atom. The molecule has 0 radical (unpaired) electrons. The van der Waals surface area contributed by atoms with Crippen LogP contribution < -0.4 is 10.6 Å². The third kappa shape index (κ3) is 2.88. The molecule has 0 aliphatic rings. The summed E-state index contributed by atoms with van der Waals surface area (Å²) in [6.45, 7) is 1.73. The summed E-state index contributed by atoms with van der Waals surface area (Å²) >= 11 is 0. The monoisotopic (exact) mass is 307 g/mol. The minimum Gasteiger partial charge on any atom is -0.369 e. The number of halogens is 1. The van der Waals surface area contributed by atoms with Crippen molar-refractivity contribution in [3.05, 3.63) is 72.0 Å². The quantitative estimate of drug-likeness (QED) is 0.564. The summed E-state index contributed by atoms with van der Waals surface area (Å²) in [4.78, 5) is 6.05. The van der Waals surface area contributed by atoms with Crippen molar-refractivity contribution in [2.24, 2.45) is 10.7 Å². The van der Waals surface area contributed by atoms with Gasteiger partial charge in [-0.1, -0.05) is 48.5 Å². The number of aryl methyl sites for hydroxylation is 1. The van der Waals surface area contributed by atoms with Crippen LogP contribution in [-0.2, 0) is 0 Å². The Balaban J connectivity index is 2.03. The van der Waals surface area contributed by atoms with Gasteiger partial charge >= 0.3 is 0 Å². The fourth-order valence-electron chi connectivity index (χ4n) is 2.52. The number of fused-ring (bicyclic) bond motifs is 1. The lowest BCUT2D eigenvalue weighted by Crippen LogP contribution is -2.34. The van der Waals surface area contributed by atoms with E-state index in [0.717, 1.165) is 16.5 Å². The van der Waals surface area contributed by atoms with E-state index in [1.165, 1.54) is 0 Å². The van der Waals surface area contributed by atoms with Gasteiger partial charge in [-0.15, -0.1) is 0 Å². The molecule has 3 aromatic rings. The Labute approximate surface area is 134 Å². The van der Waals surface area contributed by atoms with Crippen molar-refractivity contribution >= 4 is 28.1 Å². The second-order valence-corrected chi connectivity index (χ2v) is 5.44. The van der Waals surface area contributed by atoms with E-state index in [2.05, 4.69) is 4.99 Å². The average molecular weight is 307 g/mol. The molecule has 0 saturated carbocycles. The Hall–Kier alpha value is -2.88. The molecule has 0 fully saturated rings. The van der Waals surface area contributed by atoms with Gasteiger partial charge in [0.2, 0.25) is 5.96 Å². The molecule has 0 spiro atoms. The van der Waals surface area contributed by atoms with Crippen LogP contribution in [0.5, 0.6) is 0 Å². The van der Waals surface area contributed by atoms with Crippen LogP contribution in [0, 0.1) is 12.7 Å². The van der Waals surface area contributed by atoms with Gasteiger partial charge in [0.1, 0.15) is 5.82 Å². The summed E-state index contributed by atoms with van der Waals surface area (Å²) in [5.74, 6) is -0.0445. The second kappa shape index (κ2) is 6.08. The normalized spacial score (nSPS) is 11.7. The highest BCUT2D eigenvalue weighted by Crippen LogP contribution is 2.26. The number of guanidine groups is 1. The molecular weight excluding hydrogens is 289 g/mol. The highest BCUT2D eigenvalue weighted by Gasteiger charge is 2.12. The van der Waals surface area contributed by atoms with E-state index < -0.39 is 0 Å². The maximum absolute atomic E-state index is 14.3. The first-order valence-electron chi connectivity index (χ1n) is 7.38. The molecule has 4 heteroatoms. The van der Waals surface area contributed by atoms with Crippen molar-refractivity contribution in [2.75, 3.05) is 11.9 Å². The van der Waals surface area contributed by atoms with Crippen LogP contribution in [0.1, 0.15) is 5.56 Å². The topological polar surface area (TPSA) is 41.6 Å². The van der Waals surface area contributed by atoms with Gasteiger partial charge in [0, 0.05) is 12.4 Å². The van der Waals surface area contributed by atoms with Crippen LogP contribution in [0.25, 0.3) is 10.8 Å². The average Bonchev–Trinajstić information content (AvgIpc) is 2.57. The molecule has 0 heterocycles. The lowest BCUT2D eigenvalue weighted by molar-refractivity contribution is 0.619. The van der Waals surface area contributed by atoms with Crippen LogP contribution in [0.2, 0.25) is 0 Å². The molecule has 0 aliphatic carbocycles. The van der Waals surface area contributed by atoms with Gasteiger partial charge < -0.3 is 10.6 Å². The number of anilines is 1. The summed E-state index contributed by atoms with van der Waals surface area (Å²) in [5.41, 5.74) is 7.85. The lowest BCUT2D eigenvalue weighted by Gasteiger charge is -2.19. The van der Waals surface area contributed by atoms with Crippen molar-refractivity contribution in [3.63, 3.8) is 0 Å². The second-order valence-electron chi connectivity index (χ2n) is 5.44. The SMILES string of the molecule is Cc1cccc(N(C)C(N)=Nc2cccc3ccccc23)c1F. The molecule has 0 aromatic heterocycles. The van der Waals surface area contributed by atoms with Gasteiger partial charge in [0.25, 0.3) is 0 Å². The lowest BCUT2D eigenvalue weighted by atomic mass is 10.1. The predicted molar refractivity (Wildman–Crippen MR) is 94.8 cm³/mol. The zero-order valence-corrected chi connectivity index (χ0v) is 13.1. The van der Waals surface area contributed by atoms with Crippen LogP contribution in [0.15, 0.2) is 65.7 Å². The zero-order chi connectivity index (χ0) is 16.4. The molecule has 0 saturated heterocycles. The fourth-order valence-corrected chi connectivity index (χ4v) is 2.52. The van der Waals surface area contributed by atoms with Gasteiger partial charge in [-0.05, 0) is 30.0 Å². The number of hydrogen-bond acceptors (Lipinski definition) is 1. The minimum atomic E-state index is -0.286. The van der Waals surface area contributed by atoms with Gasteiger partial charge in [-0.3, -0.25) is 0 Å². The number of rotatable bonds is 2. The largest absolute Gasteiger partial charge is 0.369 e. The highest BCUT2D eigenvalue weighted by atomic mass is 19.1. The maximum atomic E-state index is 14.3. The van der Waals surface area contributed by atoms with Gasteiger partial charge in [0.15, 0.2) is 0 Å². The minimum absolute atomic E-state index is 0.242. The van der Waals surface area contributed by atoms with Gasteiger partial charge in [-0.2, -0.15) is 0 Å². The van der Waals surface area contributed by atoms with E-state index in [0.29, 0.717) is 11.3 Å².